The Morgan fingerprint density at radius 1 is 1.06 bits per heavy atom. The van der Waals surface area contributed by atoms with Crippen LogP contribution in [0.1, 0.15) is 12.0 Å². The fraction of sp³-hybridized carbons (Fsp3) is 0.409. The molecule has 9 heteroatoms. The van der Waals surface area contributed by atoms with Gasteiger partial charge in [0.25, 0.3) is 0 Å². The lowest BCUT2D eigenvalue weighted by Crippen LogP contribution is -2.44. The number of nitrogens with zero attached hydrogens (tertiary/aromatic N) is 2. The van der Waals surface area contributed by atoms with Gasteiger partial charge >= 0.3 is 0 Å². The summed E-state index contributed by atoms with van der Waals surface area (Å²) in [6, 6.07) is 7.61. The van der Waals surface area contributed by atoms with Crippen LogP contribution in [-0.2, 0) is 6.54 Å². The van der Waals surface area contributed by atoms with Crippen molar-refractivity contribution in [3.05, 3.63) is 47.5 Å². The molecule has 2 aromatic rings. The molecule has 1 fully saturated rings. The van der Waals surface area contributed by atoms with Crippen LogP contribution in [0.2, 0.25) is 0 Å². The maximum atomic E-state index is 14.1. The van der Waals surface area contributed by atoms with Crippen LogP contribution in [0.25, 0.3) is 0 Å². The lowest BCUT2D eigenvalue weighted by molar-refractivity contribution is 0.322. The summed E-state index contributed by atoms with van der Waals surface area (Å²) >= 11 is 0. The van der Waals surface area contributed by atoms with Gasteiger partial charge in [-0.1, -0.05) is 6.07 Å². The number of aliphatic imine (C=N–C) groups is 1. The van der Waals surface area contributed by atoms with Crippen molar-refractivity contribution >= 4 is 11.6 Å². The van der Waals surface area contributed by atoms with Gasteiger partial charge in [0.15, 0.2) is 17.5 Å². The van der Waals surface area contributed by atoms with Gasteiger partial charge in [0.1, 0.15) is 17.3 Å². The monoisotopic (exact) mass is 434 g/mol. The highest BCUT2D eigenvalue weighted by Gasteiger charge is 2.27. The van der Waals surface area contributed by atoms with Crippen LogP contribution in [0.3, 0.4) is 0 Å². The zero-order chi connectivity index (χ0) is 22.4. The van der Waals surface area contributed by atoms with E-state index in [0.29, 0.717) is 42.8 Å². The van der Waals surface area contributed by atoms with Gasteiger partial charge in [-0.15, -0.1) is 0 Å². The molecule has 1 atom stereocenters. The zero-order valence-corrected chi connectivity index (χ0v) is 18.2. The van der Waals surface area contributed by atoms with Gasteiger partial charge in [0.2, 0.25) is 5.75 Å². The molecule has 3 rings (SSSR count). The van der Waals surface area contributed by atoms with Gasteiger partial charge in [-0.3, -0.25) is 4.99 Å². The van der Waals surface area contributed by atoms with Gasteiger partial charge in [0.05, 0.1) is 21.3 Å². The van der Waals surface area contributed by atoms with Crippen LogP contribution in [0.15, 0.2) is 35.3 Å². The molecule has 2 aromatic carbocycles. The fourth-order valence-electron chi connectivity index (χ4n) is 3.74. The molecule has 0 amide bonds. The van der Waals surface area contributed by atoms with Crippen LogP contribution in [0, 0.1) is 11.6 Å². The molecule has 7 nitrogen and oxygen atoms in total. The van der Waals surface area contributed by atoms with E-state index >= 15 is 0 Å². The zero-order valence-electron chi connectivity index (χ0n) is 18.2. The number of hydrogen-bond donors (Lipinski definition) is 2. The highest BCUT2D eigenvalue weighted by molar-refractivity contribution is 5.80. The number of ether oxygens (including phenoxy) is 3. The minimum atomic E-state index is -0.552. The van der Waals surface area contributed by atoms with Gasteiger partial charge in [-0.25, -0.2) is 8.78 Å². The maximum absolute atomic E-state index is 14.1. The molecule has 0 spiro atoms. The Labute approximate surface area is 181 Å². The molecule has 1 saturated heterocycles. The first-order valence-electron chi connectivity index (χ1n) is 9.96. The number of nitrogens with one attached hydrogen (secondary N) is 2. The van der Waals surface area contributed by atoms with Crippen molar-refractivity contribution in [2.75, 3.05) is 46.4 Å². The van der Waals surface area contributed by atoms with Crippen LogP contribution in [0.4, 0.5) is 14.5 Å². The third-order valence-electron chi connectivity index (χ3n) is 5.24. The van der Waals surface area contributed by atoms with Crippen molar-refractivity contribution < 1.29 is 23.0 Å². The summed E-state index contributed by atoms with van der Waals surface area (Å²) in [5, 5.41) is 6.57. The second-order valence-corrected chi connectivity index (χ2v) is 7.07. The minimum absolute atomic E-state index is 0.00231. The second kappa shape index (κ2) is 10.2. The molecule has 2 N–H and O–H groups in total. The molecule has 1 heterocycles. The Morgan fingerprint density at radius 2 is 1.77 bits per heavy atom. The number of anilines is 1. The fourth-order valence-corrected chi connectivity index (χ4v) is 3.74. The predicted octanol–water partition coefficient (Wildman–Crippen LogP) is 2.93. The van der Waals surface area contributed by atoms with Crippen LogP contribution < -0.4 is 29.7 Å². The first-order chi connectivity index (χ1) is 15.0. The Morgan fingerprint density at radius 3 is 2.39 bits per heavy atom. The largest absolute Gasteiger partial charge is 0.493 e. The molecule has 1 aliphatic heterocycles. The molecule has 1 unspecified atom stereocenters. The predicted molar refractivity (Wildman–Crippen MR) is 116 cm³/mol. The van der Waals surface area contributed by atoms with Gasteiger partial charge < -0.3 is 29.7 Å². The molecule has 0 saturated carbocycles. The second-order valence-electron chi connectivity index (χ2n) is 7.07. The van der Waals surface area contributed by atoms with E-state index in [1.54, 1.807) is 33.3 Å². The lowest BCUT2D eigenvalue weighted by Gasteiger charge is -2.21. The highest BCUT2D eigenvalue weighted by atomic mass is 19.1. The van der Waals surface area contributed by atoms with Gasteiger partial charge in [-0.05, 0) is 30.7 Å². The number of benzene rings is 2. The first-order valence-corrected chi connectivity index (χ1v) is 9.96. The van der Waals surface area contributed by atoms with E-state index in [1.807, 2.05) is 12.1 Å². The summed E-state index contributed by atoms with van der Waals surface area (Å²) in [5.41, 5.74) is 0.884. The van der Waals surface area contributed by atoms with Crippen LogP contribution >= 0.6 is 0 Å². The summed E-state index contributed by atoms with van der Waals surface area (Å²) in [4.78, 5) is 5.98. The summed E-state index contributed by atoms with van der Waals surface area (Å²) in [6.45, 7) is 1.45. The molecule has 168 valence electrons. The number of halogens is 2. The number of methoxy groups -OCH3 is 3. The van der Waals surface area contributed by atoms with E-state index in [-0.39, 0.29) is 11.7 Å². The highest BCUT2D eigenvalue weighted by Crippen LogP contribution is 2.39. The topological polar surface area (TPSA) is 67.4 Å². The molecule has 0 radical (unpaired) electrons. The molecular weight excluding hydrogens is 406 g/mol. The smallest absolute Gasteiger partial charge is 0.203 e. The standard InChI is InChI=1S/C22H28F2N4O3/c1-25-22(26-12-14-8-9-18(29-2)21(31-4)20(14)30-3)27-15-10-11-28(13-15)19-16(23)6-5-7-17(19)24/h5-9,15H,10-13H2,1-4H3,(H2,25,26,27). The van der Waals surface area contributed by atoms with E-state index in [9.17, 15) is 8.78 Å². The number of guanidine groups is 1. The summed E-state index contributed by atoms with van der Waals surface area (Å²) in [5.74, 6) is 1.15. The summed E-state index contributed by atoms with van der Waals surface area (Å²) < 4.78 is 44.4. The third kappa shape index (κ3) is 4.92. The normalized spacial score (nSPS) is 16.3. The van der Waals surface area contributed by atoms with Crippen LogP contribution in [-0.4, -0.2) is 53.5 Å². The van der Waals surface area contributed by atoms with Crippen molar-refractivity contribution in [1.82, 2.24) is 10.6 Å². The van der Waals surface area contributed by atoms with Crippen molar-refractivity contribution in [1.29, 1.82) is 0 Å². The lowest BCUT2D eigenvalue weighted by atomic mass is 10.1. The average Bonchev–Trinajstić information content (AvgIpc) is 3.23. The van der Waals surface area contributed by atoms with Crippen LogP contribution in [0.5, 0.6) is 17.2 Å². The molecule has 0 aromatic heterocycles. The van der Waals surface area contributed by atoms with E-state index < -0.39 is 11.6 Å². The van der Waals surface area contributed by atoms with Crippen molar-refractivity contribution in [3.8, 4) is 17.2 Å². The molecule has 0 bridgehead atoms. The van der Waals surface area contributed by atoms with Gasteiger partial charge in [0, 0.05) is 38.3 Å². The Bertz CT molecular complexity index is 919. The van der Waals surface area contributed by atoms with Gasteiger partial charge in [-0.2, -0.15) is 0 Å². The molecule has 31 heavy (non-hydrogen) atoms. The van der Waals surface area contributed by atoms with Crippen molar-refractivity contribution in [3.63, 3.8) is 0 Å². The Kier molecular flexibility index (Phi) is 7.38. The summed E-state index contributed by atoms with van der Waals surface area (Å²) in [6.07, 6.45) is 0.730. The molecule has 1 aliphatic rings. The van der Waals surface area contributed by atoms with E-state index in [0.717, 1.165) is 12.0 Å². The Hall–Kier alpha value is -3.23. The molecule has 0 aliphatic carbocycles. The number of rotatable bonds is 7. The average molecular weight is 434 g/mol. The quantitative estimate of drug-likeness (QED) is 0.516. The van der Waals surface area contributed by atoms with E-state index in [4.69, 9.17) is 14.2 Å². The minimum Gasteiger partial charge on any atom is -0.493 e. The number of hydrogen-bond acceptors (Lipinski definition) is 5. The van der Waals surface area contributed by atoms with Crippen molar-refractivity contribution in [2.24, 2.45) is 4.99 Å². The Balaban J connectivity index is 1.64. The number of para-hydroxylation sites is 1. The van der Waals surface area contributed by atoms with E-state index in [1.165, 1.54) is 18.2 Å². The van der Waals surface area contributed by atoms with E-state index in [2.05, 4.69) is 15.6 Å². The first kappa shape index (κ1) is 22.5. The maximum Gasteiger partial charge on any atom is 0.203 e. The summed E-state index contributed by atoms with van der Waals surface area (Å²) in [7, 11) is 6.37. The molecular formula is C22H28F2N4O3. The third-order valence-corrected chi connectivity index (χ3v) is 5.24. The SMILES string of the molecule is CN=C(NCc1ccc(OC)c(OC)c1OC)NC1CCN(c2c(F)cccc2F)C1. The van der Waals surface area contributed by atoms with Crippen molar-refractivity contribution in [2.45, 2.75) is 19.0 Å².